The van der Waals surface area contributed by atoms with E-state index in [0.29, 0.717) is 0 Å². The maximum atomic E-state index is 11.4. The molecule has 0 aliphatic heterocycles. The smallest absolute Gasteiger partial charge is 0.223 e. The summed E-state index contributed by atoms with van der Waals surface area (Å²) in [6.45, 7) is 2.92. The molecule has 0 atom stereocenters. The van der Waals surface area contributed by atoms with Gasteiger partial charge < -0.3 is 0 Å². The average molecular weight is 334 g/mol. The summed E-state index contributed by atoms with van der Waals surface area (Å²) in [5, 5.41) is 0. The van der Waals surface area contributed by atoms with Crippen LogP contribution < -0.4 is 0 Å². The van der Waals surface area contributed by atoms with Crippen molar-refractivity contribution in [2.24, 2.45) is 0 Å². The SMILES string of the molecule is CCCS(=O)(=O)C(F)(F)F.CCCS(=O)(=O)C(F)F. The van der Waals surface area contributed by atoms with Crippen LogP contribution in [-0.2, 0) is 19.7 Å². The predicted molar refractivity (Wildman–Crippen MR) is 60.2 cm³/mol. The zero-order chi connectivity index (χ0) is 15.9. The Morgan fingerprint density at radius 1 is 0.895 bits per heavy atom. The monoisotopic (exact) mass is 334 g/mol. The number of halogens is 5. The van der Waals surface area contributed by atoms with Crippen LogP contribution in [0.25, 0.3) is 0 Å². The lowest BCUT2D eigenvalue weighted by molar-refractivity contribution is -0.0435. The van der Waals surface area contributed by atoms with E-state index in [1.54, 1.807) is 6.92 Å². The summed E-state index contributed by atoms with van der Waals surface area (Å²) in [4.78, 5) is 0. The van der Waals surface area contributed by atoms with Crippen LogP contribution in [0, 0.1) is 0 Å². The van der Waals surface area contributed by atoms with E-state index in [1.807, 2.05) is 0 Å². The highest BCUT2D eigenvalue weighted by molar-refractivity contribution is 7.92. The van der Waals surface area contributed by atoms with Crippen molar-refractivity contribution >= 4 is 19.7 Å². The number of rotatable bonds is 5. The Kier molecular flexibility index (Phi) is 8.76. The van der Waals surface area contributed by atoms with Gasteiger partial charge in [0.15, 0.2) is 0 Å². The molecule has 0 saturated carbocycles. The number of hydrogen-bond donors (Lipinski definition) is 0. The Balaban J connectivity index is 0. The van der Waals surface area contributed by atoms with E-state index in [-0.39, 0.29) is 12.8 Å². The van der Waals surface area contributed by atoms with Crippen molar-refractivity contribution in [3.8, 4) is 0 Å². The van der Waals surface area contributed by atoms with Crippen LogP contribution in [0.4, 0.5) is 22.0 Å². The third-order valence-corrected chi connectivity index (χ3v) is 4.76. The predicted octanol–water partition coefficient (Wildman–Crippen LogP) is 2.36. The molecule has 0 aromatic carbocycles. The average Bonchev–Trinajstić information content (AvgIpc) is 2.16. The maximum absolute atomic E-state index is 11.4. The quantitative estimate of drug-likeness (QED) is 0.724. The van der Waals surface area contributed by atoms with Crippen LogP contribution in [0.3, 0.4) is 0 Å². The van der Waals surface area contributed by atoms with Gasteiger partial charge in [-0.05, 0) is 12.8 Å². The summed E-state index contributed by atoms with van der Waals surface area (Å²) in [6.07, 6.45) is 0.231. The summed E-state index contributed by atoms with van der Waals surface area (Å²) >= 11 is 0. The van der Waals surface area contributed by atoms with E-state index in [4.69, 9.17) is 0 Å². The number of alkyl halides is 5. The molecule has 0 aromatic rings. The Morgan fingerprint density at radius 2 is 1.26 bits per heavy atom. The van der Waals surface area contributed by atoms with Crippen LogP contribution in [0.1, 0.15) is 26.7 Å². The van der Waals surface area contributed by atoms with Crippen molar-refractivity contribution in [2.75, 3.05) is 11.5 Å². The van der Waals surface area contributed by atoms with Gasteiger partial charge in [-0.15, -0.1) is 0 Å². The van der Waals surface area contributed by atoms with Gasteiger partial charge in [-0.3, -0.25) is 0 Å². The van der Waals surface area contributed by atoms with Crippen LogP contribution in [-0.4, -0.2) is 39.6 Å². The molecule has 0 aliphatic carbocycles. The standard InChI is InChI=1S/C4H7F3O2S.C4H8F2O2S/c1-2-3-10(8,9)4(5,6)7;1-2-3-9(7,8)4(5)6/h2-3H2,1H3;4H,2-3H2,1H3. The number of hydrogen-bond acceptors (Lipinski definition) is 4. The van der Waals surface area contributed by atoms with Crippen LogP contribution in [0.15, 0.2) is 0 Å². The second-order valence-electron chi connectivity index (χ2n) is 3.39. The summed E-state index contributed by atoms with van der Waals surface area (Å²) < 4.78 is 97.7. The summed E-state index contributed by atoms with van der Waals surface area (Å²) in [6, 6.07) is 0. The number of sulfone groups is 2. The van der Waals surface area contributed by atoms with Gasteiger partial charge in [-0.25, -0.2) is 16.8 Å². The zero-order valence-corrected chi connectivity index (χ0v) is 11.9. The largest absolute Gasteiger partial charge is 0.497 e. The molecule has 0 amide bonds. The molecular weight excluding hydrogens is 319 g/mol. The molecule has 0 radical (unpaired) electrons. The topological polar surface area (TPSA) is 68.3 Å². The molecule has 0 unspecified atom stereocenters. The Bertz CT molecular complexity index is 438. The van der Waals surface area contributed by atoms with Crippen molar-refractivity contribution in [2.45, 2.75) is 38.0 Å². The molecule has 0 aromatic heterocycles. The fraction of sp³-hybridized carbons (Fsp3) is 1.00. The first-order chi connectivity index (χ1) is 8.31. The fourth-order valence-corrected chi connectivity index (χ4v) is 2.27. The molecule has 0 N–H and O–H groups in total. The summed E-state index contributed by atoms with van der Waals surface area (Å²) in [5.41, 5.74) is -5.08. The van der Waals surface area contributed by atoms with Crippen molar-refractivity contribution in [3.63, 3.8) is 0 Å². The molecule has 4 nitrogen and oxygen atoms in total. The van der Waals surface area contributed by atoms with Gasteiger partial charge in [0.05, 0.1) is 11.5 Å². The molecule has 0 heterocycles. The molecular formula is C8H15F5O4S2. The Morgan fingerprint density at radius 3 is 1.37 bits per heavy atom. The minimum atomic E-state index is -5.08. The van der Waals surface area contributed by atoms with E-state index in [2.05, 4.69) is 0 Å². The summed E-state index contributed by atoms with van der Waals surface area (Å²) in [7, 11) is -8.93. The van der Waals surface area contributed by atoms with E-state index < -0.39 is 42.4 Å². The first-order valence-electron chi connectivity index (χ1n) is 5.10. The minimum Gasteiger partial charge on any atom is -0.223 e. The first-order valence-corrected chi connectivity index (χ1v) is 8.47. The second-order valence-corrected chi connectivity index (χ2v) is 7.58. The fourth-order valence-electron chi connectivity index (χ4n) is 0.758. The third-order valence-electron chi connectivity index (χ3n) is 1.59. The van der Waals surface area contributed by atoms with Gasteiger partial charge in [0.1, 0.15) is 0 Å². The van der Waals surface area contributed by atoms with E-state index >= 15 is 0 Å². The van der Waals surface area contributed by atoms with E-state index in [9.17, 15) is 38.8 Å². The van der Waals surface area contributed by atoms with Gasteiger partial charge in [-0.1, -0.05) is 13.8 Å². The highest BCUT2D eigenvalue weighted by Gasteiger charge is 2.44. The van der Waals surface area contributed by atoms with Crippen LogP contribution in [0.2, 0.25) is 0 Å². The van der Waals surface area contributed by atoms with Gasteiger partial charge in [0, 0.05) is 0 Å². The van der Waals surface area contributed by atoms with Crippen molar-refractivity contribution in [3.05, 3.63) is 0 Å². The van der Waals surface area contributed by atoms with Gasteiger partial charge in [0.2, 0.25) is 19.7 Å². The molecule has 0 fully saturated rings. The highest BCUT2D eigenvalue weighted by atomic mass is 32.2. The molecule has 0 aliphatic rings. The lowest BCUT2D eigenvalue weighted by Crippen LogP contribution is -2.25. The third kappa shape index (κ3) is 8.35. The Labute approximate surface area is 108 Å². The van der Waals surface area contributed by atoms with Crippen molar-refractivity contribution in [1.29, 1.82) is 0 Å². The molecule has 118 valence electrons. The van der Waals surface area contributed by atoms with Crippen molar-refractivity contribution in [1.82, 2.24) is 0 Å². The molecule has 0 bridgehead atoms. The lowest BCUT2D eigenvalue weighted by Gasteiger charge is -2.04. The molecule has 11 heteroatoms. The van der Waals surface area contributed by atoms with Crippen molar-refractivity contribution < 1.29 is 38.8 Å². The molecule has 0 rings (SSSR count). The molecule has 0 saturated heterocycles. The van der Waals surface area contributed by atoms with Gasteiger partial charge >= 0.3 is 11.3 Å². The lowest BCUT2D eigenvalue weighted by atomic mass is 10.6. The Hall–Kier alpha value is -0.450. The highest BCUT2D eigenvalue weighted by Crippen LogP contribution is 2.23. The normalized spacial score (nSPS) is 13.1. The molecule has 19 heavy (non-hydrogen) atoms. The second kappa shape index (κ2) is 7.98. The van der Waals surface area contributed by atoms with Crippen LogP contribution in [0.5, 0.6) is 0 Å². The van der Waals surface area contributed by atoms with Gasteiger partial charge in [-0.2, -0.15) is 22.0 Å². The zero-order valence-electron chi connectivity index (χ0n) is 10.2. The van der Waals surface area contributed by atoms with Gasteiger partial charge in [0.25, 0.3) is 0 Å². The van der Waals surface area contributed by atoms with E-state index in [0.717, 1.165) is 0 Å². The minimum absolute atomic E-state index is 0.0121. The van der Waals surface area contributed by atoms with Crippen LogP contribution >= 0.6 is 0 Å². The molecule has 0 spiro atoms. The first kappa shape index (κ1) is 20.9. The maximum Gasteiger partial charge on any atom is 0.497 e. The van der Waals surface area contributed by atoms with E-state index in [1.165, 1.54) is 6.92 Å². The summed E-state index contributed by atoms with van der Waals surface area (Å²) in [5.74, 6) is -4.46.